The van der Waals surface area contributed by atoms with Crippen LogP contribution in [-0.2, 0) is 10.3 Å². The van der Waals surface area contributed by atoms with Gasteiger partial charge in [0.1, 0.15) is 5.60 Å². The summed E-state index contributed by atoms with van der Waals surface area (Å²) in [6.07, 6.45) is 6.67. The van der Waals surface area contributed by atoms with Crippen LogP contribution in [0.15, 0.2) is 60.7 Å². The lowest BCUT2D eigenvalue weighted by molar-refractivity contribution is -0.134. The van der Waals surface area contributed by atoms with Crippen molar-refractivity contribution in [3.63, 3.8) is 0 Å². The minimum Gasteiger partial charge on any atom is -1.00 e. The fourth-order valence-corrected chi connectivity index (χ4v) is 5.73. The van der Waals surface area contributed by atoms with Crippen LogP contribution in [0.3, 0.4) is 0 Å². The number of hydrogen-bond donors (Lipinski definition) is 1. The lowest BCUT2D eigenvalue weighted by atomic mass is 9.68. The second kappa shape index (κ2) is 10.0. The zero-order valence-corrected chi connectivity index (χ0v) is 19.8. The third kappa shape index (κ3) is 5.34. The van der Waals surface area contributed by atoms with E-state index in [1.807, 2.05) is 36.4 Å². The molecule has 0 saturated carbocycles. The van der Waals surface area contributed by atoms with E-state index in [2.05, 4.69) is 43.0 Å². The van der Waals surface area contributed by atoms with E-state index in [9.17, 15) is 5.11 Å². The molecule has 2 aromatic carbocycles. The molecule has 4 rings (SSSR count). The Morgan fingerprint density at radius 1 is 1.00 bits per heavy atom. The van der Waals surface area contributed by atoms with Crippen LogP contribution < -0.4 is 12.4 Å². The van der Waals surface area contributed by atoms with E-state index in [0.29, 0.717) is 11.8 Å². The minimum atomic E-state index is -0.958. The summed E-state index contributed by atoms with van der Waals surface area (Å²) in [5, 5.41) is 11.9. The van der Waals surface area contributed by atoms with Crippen molar-refractivity contribution in [2.45, 2.75) is 63.6 Å². The van der Waals surface area contributed by atoms with Gasteiger partial charge in [-0.05, 0) is 68.5 Å². The van der Waals surface area contributed by atoms with E-state index < -0.39 is 5.60 Å². The van der Waals surface area contributed by atoms with Gasteiger partial charge in [0.15, 0.2) is 0 Å². The Labute approximate surface area is 194 Å². The molecular formula is C27H37ClNO2-. The van der Waals surface area contributed by atoms with Crippen molar-refractivity contribution in [2.24, 2.45) is 5.41 Å². The predicted octanol–water partition coefficient (Wildman–Crippen LogP) is 2.38. The largest absolute Gasteiger partial charge is 1.00 e. The Balaban J connectivity index is 0.00000272. The van der Waals surface area contributed by atoms with Gasteiger partial charge in [-0.3, -0.25) is 0 Å². The summed E-state index contributed by atoms with van der Waals surface area (Å²) in [6.45, 7) is 8.59. The molecule has 2 heterocycles. The Morgan fingerprint density at radius 2 is 1.61 bits per heavy atom. The van der Waals surface area contributed by atoms with E-state index in [4.69, 9.17) is 4.74 Å². The molecule has 170 valence electrons. The van der Waals surface area contributed by atoms with Crippen LogP contribution in [0.4, 0.5) is 0 Å². The van der Waals surface area contributed by atoms with Crippen molar-refractivity contribution in [2.75, 3.05) is 26.2 Å². The molecule has 3 nitrogen and oxygen atoms in total. The molecule has 1 N–H and O–H groups in total. The summed E-state index contributed by atoms with van der Waals surface area (Å²) in [7, 11) is 0. The van der Waals surface area contributed by atoms with Gasteiger partial charge in [-0.25, -0.2) is 0 Å². The molecule has 2 aliphatic rings. The van der Waals surface area contributed by atoms with Crippen LogP contribution in [0.5, 0.6) is 0 Å². The molecule has 0 amide bonds. The molecule has 0 aromatic heterocycles. The first-order valence-corrected chi connectivity index (χ1v) is 11.7. The van der Waals surface area contributed by atoms with E-state index in [1.165, 1.54) is 19.3 Å². The van der Waals surface area contributed by atoms with Crippen molar-refractivity contribution in [3.05, 3.63) is 71.8 Å². The third-order valence-corrected chi connectivity index (χ3v) is 7.61. The lowest BCUT2D eigenvalue weighted by Gasteiger charge is -2.51. The normalized spacial score (nSPS) is 27.1. The summed E-state index contributed by atoms with van der Waals surface area (Å²) >= 11 is 0. The minimum absolute atomic E-state index is 0. The summed E-state index contributed by atoms with van der Waals surface area (Å²) in [6, 6.07) is 20.3. The zero-order valence-electron chi connectivity index (χ0n) is 19.0. The first-order valence-electron chi connectivity index (χ1n) is 11.7. The second-order valence-electron chi connectivity index (χ2n) is 9.80. The standard InChI is InChI=1S/C27H37NO2.ClH/c1-3-25(2)21-26(17-20-30-25)15-10-18-28(22-26)19-16-27(29,23-11-6-4-7-12-23)24-13-8-5-9-14-24;/h4-9,11-14,29H,3,10,15-22H2,1-2H3;1H/p-1. The van der Waals surface area contributed by atoms with E-state index >= 15 is 0 Å². The summed E-state index contributed by atoms with van der Waals surface area (Å²) < 4.78 is 6.15. The first kappa shape index (κ1) is 24.3. The number of ether oxygens (including phenoxy) is 1. The van der Waals surface area contributed by atoms with Gasteiger partial charge in [0.2, 0.25) is 0 Å². The number of nitrogens with zero attached hydrogens (tertiary/aromatic N) is 1. The van der Waals surface area contributed by atoms with E-state index in [0.717, 1.165) is 50.2 Å². The summed E-state index contributed by atoms with van der Waals surface area (Å²) in [4.78, 5) is 2.60. The average Bonchev–Trinajstić information content (AvgIpc) is 2.79. The van der Waals surface area contributed by atoms with Gasteiger partial charge in [0.05, 0.1) is 5.60 Å². The second-order valence-corrected chi connectivity index (χ2v) is 9.80. The smallest absolute Gasteiger partial charge is 0.116 e. The fraction of sp³-hybridized carbons (Fsp3) is 0.556. The lowest BCUT2D eigenvalue weighted by Crippen LogP contribution is -3.00. The van der Waals surface area contributed by atoms with E-state index in [-0.39, 0.29) is 18.0 Å². The van der Waals surface area contributed by atoms with Crippen LogP contribution in [0.2, 0.25) is 0 Å². The number of hydrogen-bond acceptors (Lipinski definition) is 3. The molecule has 4 heteroatoms. The number of aliphatic hydroxyl groups is 1. The number of piperidine rings is 1. The molecule has 31 heavy (non-hydrogen) atoms. The maximum absolute atomic E-state index is 11.9. The topological polar surface area (TPSA) is 32.7 Å². The predicted molar refractivity (Wildman–Crippen MR) is 122 cm³/mol. The third-order valence-electron chi connectivity index (χ3n) is 7.61. The maximum atomic E-state index is 11.9. The Morgan fingerprint density at radius 3 is 2.19 bits per heavy atom. The van der Waals surface area contributed by atoms with Crippen molar-refractivity contribution < 1.29 is 22.3 Å². The number of rotatable bonds is 6. The van der Waals surface area contributed by atoms with Gasteiger partial charge in [-0.15, -0.1) is 0 Å². The van der Waals surface area contributed by atoms with Gasteiger partial charge in [-0.2, -0.15) is 0 Å². The van der Waals surface area contributed by atoms with Gasteiger partial charge in [0, 0.05) is 19.7 Å². The van der Waals surface area contributed by atoms with Crippen LogP contribution in [-0.4, -0.2) is 41.8 Å². The number of benzene rings is 2. The SMILES string of the molecule is CCC1(C)CC2(CCCN(CCC(O)(c3ccccc3)c3ccccc3)C2)CCO1.[Cl-]. The Bertz CT molecular complexity index is 771. The highest BCUT2D eigenvalue weighted by molar-refractivity contribution is 5.35. The Kier molecular flexibility index (Phi) is 7.86. The first-order chi connectivity index (χ1) is 14.5. The van der Waals surface area contributed by atoms with Crippen LogP contribution in [0, 0.1) is 5.41 Å². The number of likely N-dealkylation sites (tertiary alicyclic amines) is 1. The van der Waals surface area contributed by atoms with Crippen molar-refractivity contribution in [1.82, 2.24) is 4.90 Å². The van der Waals surface area contributed by atoms with E-state index in [1.54, 1.807) is 0 Å². The van der Waals surface area contributed by atoms with Crippen LogP contribution in [0.1, 0.15) is 63.5 Å². The monoisotopic (exact) mass is 442 g/mol. The molecule has 2 fully saturated rings. The molecule has 2 aliphatic heterocycles. The van der Waals surface area contributed by atoms with Gasteiger partial charge in [0.25, 0.3) is 0 Å². The fourth-order valence-electron chi connectivity index (χ4n) is 5.73. The Hall–Kier alpha value is -1.39. The zero-order chi connectivity index (χ0) is 21.1. The maximum Gasteiger partial charge on any atom is 0.116 e. The summed E-state index contributed by atoms with van der Waals surface area (Å²) in [5.74, 6) is 0. The van der Waals surface area contributed by atoms with Crippen molar-refractivity contribution in [3.8, 4) is 0 Å². The molecule has 1 spiro atoms. The van der Waals surface area contributed by atoms with Crippen molar-refractivity contribution >= 4 is 0 Å². The van der Waals surface area contributed by atoms with Gasteiger partial charge < -0.3 is 27.2 Å². The highest BCUT2D eigenvalue weighted by atomic mass is 35.5. The quantitative estimate of drug-likeness (QED) is 0.745. The molecule has 2 atom stereocenters. The molecule has 0 aliphatic carbocycles. The van der Waals surface area contributed by atoms with Gasteiger partial charge in [-0.1, -0.05) is 67.6 Å². The number of halogens is 1. The van der Waals surface area contributed by atoms with Gasteiger partial charge >= 0.3 is 0 Å². The van der Waals surface area contributed by atoms with Crippen LogP contribution >= 0.6 is 0 Å². The highest BCUT2D eigenvalue weighted by Gasteiger charge is 2.44. The van der Waals surface area contributed by atoms with Crippen LogP contribution in [0.25, 0.3) is 0 Å². The average molecular weight is 443 g/mol. The van der Waals surface area contributed by atoms with Crippen molar-refractivity contribution in [1.29, 1.82) is 0 Å². The molecule has 0 radical (unpaired) electrons. The molecule has 2 unspecified atom stereocenters. The highest BCUT2D eigenvalue weighted by Crippen LogP contribution is 2.46. The molecule has 0 bridgehead atoms. The summed E-state index contributed by atoms with van der Waals surface area (Å²) in [5.41, 5.74) is 1.40. The molecule has 2 saturated heterocycles. The molecular weight excluding hydrogens is 406 g/mol. The molecule has 2 aromatic rings.